The normalized spacial score (nSPS) is 10.6. The maximum atomic E-state index is 11.9. The van der Waals surface area contributed by atoms with Gasteiger partial charge in [0.2, 0.25) is 0 Å². The molecule has 1 amide bonds. The summed E-state index contributed by atoms with van der Waals surface area (Å²) in [5, 5.41) is 3.31. The number of nitrogens with one attached hydrogen (secondary N) is 1. The highest BCUT2D eigenvalue weighted by Gasteiger charge is 2.12. The van der Waals surface area contributed by atoms with Crippen molar-refractivity contribution >= 4 is 17.5 Å². The number of para-hydroxylation sites is 1. The van der Waals surface area contributed by atoms with Crippen LogP contribution in [-0.2, 0) is 11.3 Å². The molecule has 0 spiro atoms. The van der Waals surface area contributed by atoms with Gasteiger partial charge in [-0.15, -0.1) is 0 Å². The average molecular weight is 338 g/mol. The predicted molar refractivity (Wildman–Crippen MR) is 88.1 cm³/mol. The lowest BCUT2D eigenvalue weighted by Gasteiger charge is -2.09. The van der Waals surface area contributed by atoms with Crippen molar-refractivity contribution in [3.05, 3.63) is 52.4 Å². The number of ether oxygens (including phenoxy) is 2. The van der Waals surface area contributed by atoms with Gasteiger partial charge in [0.25, 0.3) is 5.91 Å². The standard InChI is InChI=1S/C17H20ClNO4/c1-12-5-3-6-14(18)16(12)22-11-13-7-8-15(23-13)17(20)19-9-4-10-21-2/h3,5-8H,4,9-11H2,1-2H3,(H,19,20). The molecule has 0 atom stereocenters. The summed E-state index contributed by atoms with van der Waals surface area (Å²) in [6.07, 6.45) is 0.755. The van der Waals surface area contributed by atoms with E-state index in [2.05, 4.69) is 5.32 Å². The van der Waals surface area contributed by atoms with Gasteiger partial charge in [-0.3, -0.25) is 4.79 Å². The summed E-state index contributed by atoms with van der Waals surface area (Å²) < 4.78 is 16.1. The van der Waals surface area contributed by atoms with Gasteiger partial charge in [-0.2, -0.15) is 0 Å². The first kappa shape index (κ1) is 17.4. The Balaban J connectivity index is 1.88. The number of carbonyl (C=O) groups excluding carboxylic acids is 1. The minimum atomic E-state index is -0.249. The number of amides is 1. The molecule has 0 aliphatic carbocycles. The van der Waals surface area contributed by atoms with Crippen LogP contribution in [-0.4, -0.2) is 26.2 Å². The zero-order valence-electron chi connectivity index (χ0n) is 13.2. The lowest BCUT2D eigenvalue weighted by atomic mass is 10.2. The number of benzene rings is 1. The molecule has 6 heteroatoms. The van der Waals surface area contributed by atoms with Crippen molar-refractivity contribution in [1.82, 2.24) is 5.32 Å². The molecule has 0 saturated carbocycles. The van der Waals surface area contributed by atoms with Crippen LogP contribution in [0.3, 0.4) is 0 Å². The molecule has 1 heterocycles. The third kappa shape index (κ3) is 5.01. The molecule has 0 saturated heterocycles. The van der Waals surface area contributed by atoms with E-state index in [1.165, 1.54) is 0 Å². The van der Waals surface area contributed by atoms with Crippen molar-refractivity contribution in [3.63, 3.8) is 0 Å². The van der Waals surface area contributed by atoms with Gasteiger partial charge in [0.05, 0.1) is 5.02 Å². The van der Waals surface area contributed by atoms with Gasteiger partial charge in [-0.1, -0.05) is 23.7 Å². The molecule has 0 fully saturated rings. The lowest BCUT2D eigenvalue weighted by molar-refractivity contribution is 0.0917. The molecule has 23 heavy (non-hydrogen) atoms. The van der Waals surface area contributed by atoms with E-state index in [-0.39, 0.29) is 18.3 Å². The Kier molecular flexibility index (Phi) is 6.50. The minimum Gasteiger partial charge on any atom is -0.484 e. The number of hydrogen-bond acceptors (Lipinski definition) is 4. The molecule has 0 aliphatic heterocycles. The van der Waals surface area contributed by atoms with Gasteiger partial charge in [0, 0.05) is 20.3 Å². The lowest BCUT2D eigenvalue weighted by Crippen LogP contribution is -2.24. The minimum absolute atomic E-state index is 0.210. The SMILES string of the molecule is COCCCNC(=O)c1ccc(COc2c(C)cccc2Cl)o1. The fourth-order valence-electron chi connectivity index (χ4n) is 2.03. The summed E-state index contributed by atoms with van der Waals surface area (Å²) in [5.74, 6) is 1.20. The molecule has 1 aromatic carbocycles. The average Bonchev–Trinajstić information content (AvgIpc) is 3.00. The van der Waals surface area contributed by atoms with Gasteiger partial charge in [-0.25, -0.2) is 0 Å². The third-order valence-corrected chi connectivity index (χ3v) is 3.52. The number of methoxy groups -OCH3 is 1. The van der Waals surface area contributed by atoms with Gasteiger partial charge < -0.3 is 19.2 Å². The van der Waals surface area contributed by atoms with Crippen molar-refractivity contribution < 1.29 is 18.7 Å². The van der Waals surface area contributed by atoms with Crippen LogP contribution in [0.1, 0.15) is 28.3 Å². The van der Waals surface area contributed by atoms with Crippen molar-refractivity contribution in [2.45, 2.75) is 20.0 Å². The van der Waals surface area contributed by atoms with E-state index in [9.17, 15) is 4.79 Å². The van der Waals surface area contributed by atoms with Crippen molar-refractivity contribution in [2.24, 2.45) is 0 Å². The molecule has 0 unspecified atom stereocenters. The second-order valence-electron chi connectivity index (χ2n) is 5.04. The highest BCUT2D eigenvalue weighted by atomic mass is 35.5. The fourth-order valence-corrected chi connectivity index (χ4v) is 2.30. The molecule has 0 bridgehead atoms. The van der Waals surface area contributed by atoms with E-state index in [4.69, 9.17) is 25.5 Å². The molecule has 2 rings (SSSR count). The topological polar surface area (TPSA) is 60.7 Å². The summed E-state index contributed by atoms with van der Waals surface area (Å²) in [5.41, 5.74) is 0.945. The third-order valence-electron chi connectivity index (χ3n) is 3.22. The first-order chi connectivity index (χ1) is 11.1. The van der Waals surface area contributed by atoms with Crippen molar-refractivity contribution in [3.8, 4) is 5.75 Å². The number of carbonyl (C=O) groups is 1. The van der Waals surface area contributed by atoms with Crippen LogP contribution in [0.2, 0.25) is 5.02 Å². The van der Waals surface area contributed by atoms with Crippen LogP contribution in [0, 0.1) is 6.92 Å². The van der Waals surface area contributed by atoms with E-state index in [1.807, 2.05) is 19.1 Å². The summed E-state index contributed by atoms with van der Waals surface area (Å²) >= 11 is 6.10. The largest absolute Gasteiger partial charge is 0.484 e. The van der Waals surface area contributed by atoms with Gasteiger partial charge in [0.15, 0.2) is 5.76 Å². The number of hydrogen-bond donors (Lipinski definition) is 1. The Morgan fingerprint density at radius 3 is 2.87 bits per heavy atom. The number of rotatable bonds is 8. The van der Waals surface area contributed by atoms with Gasteiger partial charge >= 0.3 is 0 Å². The first-order valence-corrected chi connectivity index (χ1v) is 7.73. The molecular weight excluding hydrogens is 318 g/mol. The fraction of sp³-hybridized carbons (Fsp3) is 0.353. The van der Waals surface area contributed by atoms with E-state index >= 15 is 0 Å². The first-order valence-electron chi connectivity index (χ1n) is 7.35. The van der Waals surface area contributed by atoms with Crippen LogP contribution in [0.5, 0.6) is 5.75 Å². The summed E-state index contributed by atoms with van der Waals surface area (Å²) in [6.45, 7) is 3.27. The molecular formula is C17H20ClNO4. The number of aryl methyl sites for hydroxylation is 1. The zero-order chi connectivity index (χ0) is 16.7. The highest BCUT2D eigenvalue weighted by molar-refractivity contribution is 6.32. The molecule has 1 N–H and O–H groups in total. The molecule has 5 nitrogen and oxygen atoms in total. The highest BCUT2D eigenvalue weighted by Crippen LogP contribution is 2.28. The molecule has 2 aromatic rings. The summed E-state index contributed by atoms with van der Waals surface area (Å²) in [6, 6.07) is 8.90. The van der Waals surface area contributed by atoms with E-state index < -0.39 is 0 Å². The van der Waals surface area contributed by atoms with Crippen molar-refractivity contribution in [1.29, 1.82) is 0 Å². The van der Waals surface area contributed by atoms with Crippen LogP contribution in [0.15, 0.2) is 34.7 Å². The second kappa shape index (κ2) is 8.60. The second-order valence-corrected chi connectivity index (χ2v) is 5.45. The van der Waals surface area contributed by atoms with Crippen LogP contribution >= 0.6 is 11.6 Å². The van der Waals surface area contributed by atoms with E-state index in [1.54, 1.807) is 25.3 Å². The van der Waals surface area contributed by atoms with Gasteiger partial charge in [-0.05, 0) is 37.1 Å². The van der Waals surface area contributed by atoms with Crippen LogP contribution in [0.4, 0.5) is 0 Å². The van der Waals surface area contributed by atoms with Crippen LogP contribution in [0.25, 0.3) is 0 Å². The number of furan rings is 1. The maximum Gasteiger partial charge on any atom is 0.286 e. The predicted octanol–water partition coefficient (Wildman–Crippen LogP) is 3.59. The molecule has 0 aliphatic rings. The zero-order valence-corrected chi connectivity index (χ0v) is 14.0. The Labute approximate surface area is 140 Å². The Morgan fingerprint density at radius 1 is 1.30 bits per heavy atom. The van der Waals surface area contributed by atoms with Gasteiger partial charge in [0.1, 0.15) is 18.1 Å². The summed E-state index contributed by atoms with van der Waals surface area (Å²) in [4.78, 5) is 11.9. The Bertz CT molecular complexity index is 634. The molecule has 1 aromatic heterocycles. The Hall–Kier alpha value is -1.98. The van der Waals surface area contributed by atoms with E-state index in [0.29, 0.717) is 29.7 Å². The quantitative estimate of drug-likeness (QED) is 0.748. The number of halogens is 1. The van der Waals surface area contributed by atoms with Crippen molar-refractivity contribution in [2.75, 3.05) is 20.3 Å². The Morgan fingerprint density at radius 2 is 2.13 bits per heavy atom. The summed E-state index contributed by atoms with van der Waals surface area (Å²) in [7, 11) is 1.63. The smallest absolute Gasteiger partial charge is 0.286 e. The van der Waals surface area contributed by atoms with E-state index in [0.717, 1.165) is 12.0 Å². The molecule has 0 radical (unpaired) electrons. The maximum absolute atomic E-state index is 11.9. The molecule has 124 valence electrons. The monoisotopic (exact) mass is 337 g/mol. The van der Waals surface area contributed by atoms with Crippen LogP contribution < -0.4 is 10.1 Å².